The van der Waals surface area contributed by atoms with E-state index >= 15 is 0 Å². The van der Waals surface area contributed by atoms with Crippen LogP contribution in [0, 0.1) is 13.8 Å². The van der Waals surface area contributed by atoms with E-state index in [0.29, 0.717) is 21.9 Å². The lowest BCUT2D eigenvalue weighted by Crippen LogP contribution is -2.41. The molecule has 8 heteroatoms. The van der Waals surface area contributed by atoms with E-state index < -0.39 is 11.8 Å². The minimum Gasteiger partial charge on any atom is -0.267 e. The average molecular weight is 427 g/mol. The van der Waals surface area contributed by atoms with Crippen molar-refractivity contribution in [1.29, 1.82) is 0 Å². The Morgan fingerprint density at radius 2 is 1.52 bits per heavy atom. The van der Waals surface area contributed by atoms with Crippen LogP contribution in [0.4, 0.5) is 0 Å². The largest absolute Gasteiger partial charge is 0.269 e. The van der Waals surface area contributed by atoms with Crippen LogP contribution in [-0.2, 0) is 5.75 Å². The Bertz CT molecular complexity index is 1020. The lowest BCUT2D eigenvalue weighted by molar-refractivity contribution is 0.0846. The molecule has 2 amide bonds. The van der Waals surface area contributed by atoms with Crippen molar-refractivity contribution in [2.45, 2.75) is 24.8 Å². The highest BCUT2D eigenvalue weighted by molar-refractivity contribution is 7.98. The van der Waals surface area contributed by atoms with Crippen molar-refractivity contribution in [2.24, 2.45) is 0 Å². The second kappa shape index (κ2) is 9.54. The molecule has 0 aliphatic carbocycles. The van der Waals surface area contributed by atoms with Crippen molar-refractivity contribution >= 4 is 35.2 Å². The summed E-state index contributed by atoms with van der Waals surface area (Å²) in [7, 11) is 0. The molecule has 3 aromatic rings. The highest BCUT2D eigenvalue weighted by Crippen LogP contribution is 2.20. The first-order valence-electron chi connectivity index (χ1n) is 8.81. The molecule has 0 unspecified atom stereocenters. The van der Waals surface area contributed by atoms with Crippen LogP contribution < -0.4 is 10.9 Å². The lowest BCUT2D eigenvalue weighted by Gasteiger charge is -2.08. The van der Waals surface area contributed by atoms with Gasteiger partial charge in [0.15, 0.2) is 5.16 Å². The first kappa shape index (κ1) is 20.8. The molecule has 0 saturated carbocycles. The number of benzene rings is 2. The van der Waals surface area contributed by atoms with Crippen molar-refractivity contribution in [3.8, 4) is 0 Å². The van der Waals surface area contributed by atoms with Crippen LogP contribution >= 0.6 is 23.4 Å². The molecule has 2 N–H and O–H groups in total. The molecule has 0 radical (unpaired) electrons. The van der Waals surface area contributed by atoms with Gasteiger partial charge in [-0.1, -0.05) is 41.6 Å². The van der Waals surface area contributed by atoms with Gasteiger partial charge < -0.3 is 0 Å². The van der Waals surface area contributed by atoms with Gasteiger partial charge in [0.2, 0.25) is 0 Å². The third-order valence-electron chi connectivity index (χ3n) is 3.92. The quantitative estimate of drug-likeness (QED) is 0.364. The standard InChI is InChI=1S/C21H19ClN4O2S/c1-13-10-14(2)24-21(23-13)29-12-15-6-8-16(9-7-15)19(27)25-26-20(28)17-4-3-5-18(22)11-17/h3-11H,12H2,1-2H3,(H,25,27)(H,26,28). The Kier molecular flexibility index (Phi) is 6.85. The van der Waals surface area contributed by atoms with E-state index in [0.717, 1.165) is 22.1 Å². The zero-order chi connectivity index (χ0) is 20.8. The number of nitrogens with zero attached hydrogens (tertiary/aromatic N) is 2. The molecule has 0 aliphatic heterocycles. The number of hydrogen-bond acceptors (Lipinski definition) is 5. The van der Waals surface area contributed by atoms with Gasteiger partial charge in [-0.05, 0) is 55.8 Å². The van der Waals surface area contributed by atoms with Crippen LogP contribution in [0.5, 0.6) is 0 Å². The second-order valence-electron chi connectivity index (χ2n) is 6.34. The first-order valence-corrected chi connectivity index (χ1v) is 10.2. The minimum absolute atomic E-state index is 0.360. The van der Waals surface area contributed by atoms with Crippen LogP contribution in [0.3, 0.4) is 0 Å². The lowest BCUT2D eigenvalue weighted by atomic mass is 10.1. The maximum absolute atomic E-state index is 12.2. The Balaban J connectivity index is 1.53. The summed E-state index contributed by atoms with van der Waals surface area (Å²) in [6.07, 6.45) is 0. The van der Waals surface area contributed by atoms with Crippen LogP contribution in [0.25, 0.3) is 0 Å². The molecular formula is C21H19ClN4O2S. The van der Waals surface area contributed by atoms with E-state index in [1.54, 1.807) is 30.3 Å². The smallest absolute Gasteiger partial charge is 0.267 e. The number of thioether (sulfide) groups is 1. The Hall–Kier alpha value is -2.90. The van der Waals surface area contributed by atoms with Gasteiger partial charge in [0, 0.05) is 33.3 Å². The summed E-state index contributed by atoms with van der Waals surface area (Å²) in [6, 6.07) is 15.5. The fourth-order valence-corrected chi connectivity index (χ4v) is 3.64. The van der Waals surface area contributed by atoms with E-state index in [9.17, 15) is 9.59 Å². The van der Waals surface area contributed by atoms with E-state index in [4.69, 9.17) is 11.6 Å². The number of rotatable bonds is 5. The summed E-state index contributed by atoms with van der Waals surface area (Å²) in [5, 5.41) is 1.18. The molecule has 0 bridgehead atoms. The third-order valence-corrected chi connectivity index (χ3v) is 5.08. The van der Waals surface area contributed by atoms with Crippen LogP contribution in [-0.4, -0.2) is 21.8 Å². The van der Waals surface area contributed by atoms with Crippen molar-refractivity contribution < 1.29 is 9.59 Å². The molecule has 0 atom stereocenters. The fourth-order valence-electron chi connectivity index (χ4n) is 2.55. The fraction of sp³-hybridized carbons (Fsp3) is 0.143. The number of carbonyl (C=O) groups is 2. The summed E-state index contributed by atoms with van der Waals surface area (Å²) in [5.41, 5.74) is 8.49. The molecule has 0 fully saturated rings. The van der Waals surface area contributed by atoms with E-state index in [-0.39, 0.29) is 0 Å². The molecule has 1 aromatic heterocycles. The number of nitrogens with one attached hydrogen (secondary N) is 2. The summed E-state index contributed by atoms with van der Waals surface area (Å²) < 4.78 is 0. The Morgan fingerprint density at radius 1 is 0.897 bits per heavy atom. The average Bonchev–Trinajstić information content (AvgIpc) is 2.70. The highest BCUT2D eigenvalue weighted by Gasteiger charge is 2.10. The minimum atomic E-state index is -0.442. The summed E-state index contributed by atoms with van der Waals surface area (Å²) in [4.78, 5) is 33.1. The highest BCUT2D eigenvalue weighted by atomic mass is 35.5. The maximum Gasteiger partial charge on any atom is 0.269 e. The Morgan fingerprint density at radius 3 is 2.14 bits per heavy atom. The van der Waals surface area contributed by atoms with E-state index in [2.05, 4.69) is 20.8 Å². The van der Waals surface area contributed by atoms with E-state index in [1.165, 1.54) is 17.8 Å². The molecule has 6 nitrogen and oxygen atoms in total. The number of aromatic nitrogens is 2. The summed E-state index contributed by atoms with van der Waals surface area (Å²) >= 11 is 7.40. The second-order valence-corrected chi connectivity index (χ2v) is 7.72. The summed E-state index contributed by atoms with van der Waals surface area (Å²) in [6.45, 7) is 3.88. The van der Waals surface area contributed by atoms with Gasteiger partial charge in [0.1, 0.15) is 0 Å². The van der Waals surface area contributed by atoms with Gasteiger partial charge in [-0.15, -0.1) is 0 Å². The van der Waals surface area contributed by atoms with Gasteiger partial charge in [-0.25, -0.2) is 9.97 Å². The molecule has 3 rings (SSSR count). The van der Waals surface area contributed by atoms with Crippen molar-refractivity contribution in [3.63, 3.8) is 0 Å². The van der Waals surface area contributed by atoms with Crippen molar-refractivity contribution in [3.05, 3.63) is 87.7 Å². The van der Waals surface area contributed by atoms with Crippen LogP contribution in [0.15, 0.2) is 59.8 Å². The number of amides is 2. The number of carbonyl (C=O) groups excluding carboxylic acids is 2. The molecule has 0 spiro atoms. The van der Waals surface area contributed by atoms with Crippen LogP contribution in [0.1, 0.15) is 37.7 Å². The number of hydrogen-bond donors (Lipinski definition) is 2. The normalized spacial score (nSPS) is 10.4. The Labute approximate surface area is 178 Å². The first-order chi connectivity index (χ1) is 13.9. The molecule has 0 aliphatic rings. The van der Waals surface area contributed by atoms with Gasteiger partial charge in [-0.3, -0.25) is 20.4 Å². The van der Waals surface area contributed by atoms with E-state index in [1.807, 2.05) is 32.0 Å². The predicted molar refractivity (Wildman–Crippen MR) is 114 cm³/mol. The van der Waals surface area contributed by atoms with Gasteiger partial charge >= 0.3 is 0 Å². The van der Waals surface area contributed by atoms with Crippen LogP contribution in [0.2, 0.25) is 5.02 Å². The number of aryl methyl sites for hydroxylation is 2. The van der Waals surface area contributed by atoms with Crippen molar-refractivity contribution in [2.75, 3.05) is 0 Å². The van der Waals surface area contributed by atoms with Gasteiger partial charge in [-0.2, -0.15) is 0 Å². The third kappa shape index (κ3) is 6.04. The zero-order valence-corrected chi connectivity index (χ0v) is 17.5. The number of hydrazine groups is 1. The van der Waals surface area contributed by atoms with Gasteiger partial charge in [0.25, 0.3) is 11.8 Å². The molecular weight excluding hydrogens is 408 g/mol. The molecule has 1 heterocycles. The number of halogens is 1. The van der Waals surface area contributed by atoms with Crippen molar-refractivity contribution in [1.82, 2.24) is 20.8 Å². The monoisotopic (exact) mass is 426 g/mol. The summed E-state index contributed by atoms with van der Waals surface area (Å²) in [5.74, 6) is -0.157. The predicted octanol–water partition coefficient (Wildman–Crippen LogP) is 4.11. The molecule has 0 saturated heterocycles. The zero-order valence-electron chi connectivity index (χ0n) is 15.9. The SMILES string of the molecule is Cc1cc(C)nc(SCc2ccc(C(=O)NNC(=O)c3cccc(Cl)c3)cc2)n1. The van der Waals surface area contributed by atoms with Gasteiger partial charge in [0.05, 0.1) is 0 Å². The molecule has 29 heavy (non-hydrogen) atoms. The molecule has 2 aromatic carbocycles. The maximum atomic E-state index is 12.2. The molecule has 148 valence electrons. The topological polar surface area (TPSA) is 84.0 Å².